The van der Waals surface area contributed by atoms with Crippen LogP contribution in [0.25, 0.3) is 12.2 Å². The van der Waals surface area contributed by atoms with Crippen molar-refractivity contribution in [3.63, 3.8) is 0 Å². The number of rotatable bonds is 2. The van der Waals surface area contributed by atoms with Crippen LogP contribution in [0.15, 0.2) is 0 Å². The van der Waals surface area contributed by atoms with Crippen LogP contribution in [0.1, 0.15) is 27.7 Å². The van der Waals surface area contributed by atoms with Crippen LogP contribution >= 0.6 is 12.2 Å². The second kappa shape index (κ2) is 4.60. The molecule has 0 aromatic carbocycles. The highest BCUT2D eigenvalue weighted by Gasteiger charge is 2.01. The molecule has 0 unspecified atom stereocenters. The molecule has 2 nitrogen and oxygen atoms in total. The van der Waals surface area contributed by atoms with Crippen molar-refractivity contribution in [2.75, 3.05) is 0 Å². The molecule has 1 aromatic rings. The average Bonchev–Trinajstić information content (AvgIpc) is 2.42. The van der Waals surface area contributed by atoms with Crippen LogP contribution < -0.4 is 10.7 Å². The van der Waals surface area contributed by atoms with E-state index < -0.39 is 0 Å². The van der Waals surface area contributed by atoms with Crippen LogP contribution in [0.3, 0.4) is 0 Å². The molecule has 3 heteroatoms. The molecule has 0 bridgehead atoms. The smallest absolute Gasteiger partial charge is 0.178 e. The molecule has 78 valence electrons. The fourth-order valence-electron chi connectivity index (χ4n) is 1.58. The van der Waals surface area contributed by atoms with Crippen LogP contribution in [-0.4, -0.2) is 9.55 Å². The quantitative estimate of drug-likeness (QED) is 0.738. The highest BCUT2D eigenvalue weighted by Crippen LogP contribution is 1.95. The summed E-state index contributed by atoms with van der Waals surface area (Å²) >= 11 is 5.28. The maximum Gasteiger partial charge on any atom is 0.178 e. The van der Waals surface area contributed by atoms with Crippen molar-refractivity contribution in [1.29, 1.82) is 0 Å². The molecule has 0 aliphatic heterocycles. The van der Waals surface area contributed by atoms with Gasteiger partial charge in [-0.25, -0.2) is 0 Å². The molecule has 0 aliphatic rings. The van der Waals surface area contributed by atoms with E-state index >= 15 is 0 Å². The van der Waals surface area contributed by atoms with Gasteiger partial charge in [-0.05, 0) is 32.0 Å². The van der Waals surface area contributed by atoms with E-state index in [1.54, 1.807) is 0 Å². The van der Waals surface area contributed by atoms with Gasteiger partial charge in [0.05, 0.1) is 10.7 Å². The maximum absolute atomic E-state index is 5.28. The van der Waals surface area contributed by atoms with Gasteiger partial charge >= 0.3 is 0 Å². The van der Waals surface area contributed by atoms with Crippen molar-refractivity contribution in [2.45, 2.75) is 34.2 Å². The zero-order valence-electron chi connectivity index (χ0n) is 9.29. The SMILES string of the molecule is C/C=c1/[nH]c(=S)n(CC(C)C)/c1=C/C. The van der Waals surface area contributed by atoms with Gasteiger partial charge in [-0.1, -0.05) is 26.0 Å². The lowest BCUT2D eigenvalue weighted by molar-refractivity contribution is 0.510. The molecule has 14 heavy (non-hydrogen) atoms. The van der Waals surface area contributed by atoms with E-state index in [1.807, 2.05) is 13.8 Å². The fraction of sp³-hybridized carbons (Fsp3) is 0.545. The number of aromatic nitrogens is 2. The Morgan fingerprint density at radius 2 is 2.00 bits per heavy atom. The van der Waals surface area contributed by atoms with Crippen molar-refractivity contribution in [3.8, 4) is 0 Å². The van der Waals surface area contributed by atoms with E-state index in [-0.39, 0.29) is 0 Å². The van der Waals surface area contributed by atoms with Crippen molar-refractivity contribution in [2.24, 2.45) is 5.92 Å². The average molecular weight is 210 g/mol. The van der Waals surface area contributed by atoms with Crippen molar-refractivity contribution >= 4 is 24.4 Å². The summed E-state index contributed by atoms with van der Waals surface area (Å²) in [5.74, 6) is 0.612. The van der Waals surface area contributed by atoms with Crippen molar-refractivity contribution < 1.29 is 0 Å². The molecule has 0 saturated heterocycles. The summed E-state index contributed by atoms with van der Waals surface area (Å²) < 4.78 is 2.98. The Morgan fingerprint density at radius 3 is 2.43 bits per heavy atom. The molecule has 0 amide bonds. The first kappa shape index (κ1) is 11.2. The minimum Gasteiger partial charge on any atom is -0.331 e. The van der Waals surface area contributed by atoms with Crippen LogP contribution in [0, 0.1) is 10.7 Å². The third-order valence-electron chi connectivity index (χ3n) is 2.16. The lowest BCUT2D eigenvalue weighted by atomic mass is 10.2. The van der Waals surface area contributed by atoms with Gasteiger partial charge in [0.2, 0.25) is 0 Å². The number of nitrogens with one attached hydrogen (secondary N) is 1. The number of hydrogen-bond donors (Lipinski definition) is 1. The van der Waals surface area contributed by atoms with Crippen LogP contribution in [0.4, 0.5) is 0 Å². The fourth-order valence-corrected chi connectivity index (χ4v) is 1.86. The minimum atomic E-state index is 0.612. The molecule has 1 N–H and O–H groups in total. The Hall–Kier alpha value is -0.830. The molecule has 1 aromatic heterocycles. The zero-order chi connectivity index (χ0) is 10.7. The van der Waals surface area contributed by atoms with Gasteiger partial charge in [0, 0.05) is 6.54 Å². The topological polar surface area (TPSA) is 20.7 Å². The summed E-state index contributed by atoms with van der Waals surface area (Å²) in [5.41, 5.74) is 0. The van der Waals surface area contributed by atoms with Gasteiger partial charge in [-0.2, -0.15) is 0 Å². The first-order valence-electron chi connectivity index (χ1n) is 5.01. The largest absolute Gasteiger partial charge is 0.331 e. The van der Waals surface area contributed by atoms with Crippen LogP contribution in [0.5, 0.6) is 0 Å². The lowest BCUT2D eigenvalue weighted by Gasteiger charge is -2.05. The summed E-state index contributed by atoms with van der Waals surface area (Å²) in [4.78, 5) is 3.21. The Labute approximate surface area is 90.0 Å². The molecule has 1 rings (SSSR count). The van der Waals surface area contributed by atoms with Gasteiger partial charge in [0.15, 0.2) is 4.77 Å². The summed E-state index contributed by atoms with van der Waals surface area (Å²) in [5, 5.41) is 2.32. The first-order chi connectivity index (χ1) is 6.60. The Kier molecular flexibility index (Phi) is 3.69. The zero-order valence-corrected chi connectivity index (χ0v) is 10.1. The van der Waals surface area contributed by atoms with Crippen molar-refractivity contribution in [3.05, 3.63) is 15.5 Å². The predicted octanol–water partition coefficient (Wildman–Crippen LogP) is 1.80. The normalized spacial score (nSPS) is 14.4. The molecule has 0 spiro atoms. The predicted molar refractivity (Wildman–Crippen MR) is 64.0 cm³/mol. The monoisotopic (exact) mass is 210 g/mol. The Balaban J connectivity index is 3.44. The van der Waals surface area contributed by atoms with Gasteiger partial charge in [-0.3, -0.25) is 0 Å². The second-order valence-corrected chi connectivity index (χ2v) is 4.20. The lowest BCUT2D eigenvalue weighted by Crippen LogP contribution is -2.30. The number of imidazole rings is 1. The van der Waals surface area contributed by atoms with Gasteiger partial charge < -0.3 is 9.55 Å². The number of aromatic amines is 1. The molecule has 0 aliphatic carbocycles. The first-order valence-corrected chi connectivity index (χ1v) is 5.42. The number of H-pyrrole nitrogens is 1. The summed E-state index contributed by atoms with van der Waals surface area (Å²) in [6.07, 6.45) is 4.16. The highest BCUT2D eigenvalue weighted by atomic mass is 32.1. The van der Waals surface area contributed by atoms with Crippen LogP contribution in [-0.2, 0) is 6.54 Å². The van der Waals surface area contributed by atoms with Gasteiger partial charge in [0.1, 0.15) is 0 Å². The molecular formula is C11H18N2S. The molecule has 1 heterocycles. The molecule has 0 saturated carbocycles. The Morgan fingerprint density at radius 1 is 1.36 bits per heavy atom. The molecule has 0 atom stereocenters. The van der Waals surface area contributed by atoms with Crippen molar-refractivity contribution in [1.82, 2.24) is 9.55 Å². The van der Waals surface area contributed by atoms with Crippen LogP contribution in [0.2, 0.25) is 0 Å². The number of hydrogen-bond acceptors (Lipinski definition) is 1. The van der Waals surface area contributed by atoms with E-state index in [1.165, 1.54) is 5.35 Å². The third-order valence-corrected chi connectivity index (χ3v) is 2.49. The number of nitrogens with zero attached hydrogens (tertiary/aromatic N) is 1. The van der Waals surface area contributed by atoms with E-state index in [0.717, 1.165) is 16.7 Å². The maximum atomic E-state index is 5.28. The van der Waals surface area contributed by atoms with Gasteiger partial charge in [-0.15, -0.1) is 0 Å². The van der Waals surface area contributed by atoms with E-state index in [9.17, 15) is 0 Å². The van der Waals surface area contributed by atoms with E-state index in [4.69, 9.17) is 12.2 Å². The van der Waals surface area contributed by atoms with E-state index in [0.29, 0.717) is 5.92 Å². The standard InChI is InChI=1S/C11H18N2S/c1-5-9-10(6-2)13(7-8(3)4)11(14)12-9/h5-6,8H,7H2,1-4H3,(H,12,14)/b9-5+,10-6+. The summed E-state index contributed by atoms with van der Waals surface area (Å²) in [6, 6.07) is 0. The minimum absolute atomic E-state index is 0.612. The molecular weight excluding hydrogens is 192 g/mol. The van der Waals surface area contributed by atoms with E-state index in [2.05, 4.69) is 35.6 Å². The Bertz CT molecular complexity index is 462. The second-order valence-electron chi connectivity index (χ2n) is 3.81. The molecule has 0 radical (unpaired) electrons. The highest BCUT2D eigenvalue weighted by molar-refractivity contribution is 7.71. The molecule has 0 fully saturated rings. The summed E-state index contributed by atoms with van der Waals surface area (Å²) in [6.45, 7) is 9.44. The third kappa shape index (κ3) is 2.15. The summed E-state index contributed by atoms with van der Waals surface area (Å²) in [7, 11) is 0. The van der Waals surface area contributed by atoms with Gasteiger partial charge in [0.25, 0.3) is 0 Å².